The number of para-hydroxylation sites is 1. The van der Waals surface area contributed by atoms with Gasteiger partial charge in [0.15, 0.2) is 11.5 Å². The number of carbonyl (C=O) groups excluding carboxylic acids is 1. The first-order valence-electron chi connectivity index (χ1n) is 5.37. The Bertz CT molecular complexity index is 578. The first-order valence-corrected chi connectivity index (χ1v) is 5.37. The molecule has 2 aromatic rings. The van der Waals surface area contributed by atoms with E-state index in [0.717, 1.165) is 11.3 Å². The van der Waals surface area contributed by atoms with Crippen LogP contribution in [0.3, 0.4) is 0 Å². The van der Waals surface area contributed by atoms with Crippen LogP contribution < -0.4 is 5.32 Å². The summed E-state index contributed by atoms with van der Waals surface area (Å²) >= 11 is 0. The fourth-order valence-electron chi connectivity index (χ4n) is 1.54. The molecule has 1 amide bonds. The number of rotatable bonds is 3. The second-order valence-corrected chi connectivity index (χ2v) is 3.88. The molecule has 0 bridgehead atoms. The molecule has 4 N–H and O–H groups in total. The first-order chi connectivity index (χ1) is 8.59. The van der Waals surface area contributed by atoms with Gasteiger partial charge in [-0.25, -0.2) is 0 Å². The van der Waals surface area contributed by atoms with Crippen molar-refractivity contribution in [2.75, 3.05) is 0 Å². The summed E-state index contributed by atoms with van der Waals surface area (Å²) in [6, 6.07) is 4.24. The molecule has 0 unspecified atom stereocenters. The largest absolute Gasteiger partial charge is 0.504 e. The summed E-state index contributed by atoms with van der Waals surface area (Å²) in [5, 5.41) is 28.1. The Kier molecular flexibility index (Phi) is 3.18. The Hall–Kier alpha value is -2.50. The van der Waals surface area contributed by atoms with Crippen LogP contribution in [-0.4, -0.2) is 26.3 Å². The van der Waals surface area contributed by atoms with Crippen LogP contribution in [0.15, 0.2) is 24.4 Å². The van der Waals surface area contributed by atoms with Crippen LogP contribution in [0.1, 0.15) is 21.6 Å². The van der Waals surface area contributed by atoms with Gasteiger partial charge in [0.05, 0.1) is 11.8 Å². The highest BCUT2D eigenvalue weighted by atomic mass is 16.3. The Labute approximate surface area is 103 Å². The van der Waals surface area contributed by atoms with Crippen LogP contribution in [-0.2, 0) is 6.54 Å². The van der Waals surface area contributed by atoms with Gasteiger partial charge in [-0.1, -0.05) is 6.07 Å². The zero-order valence-corrected chi connectivity index (χ0v) is 9.77. The molecular weight excluding hydrogens is 234 g/mol. The van der Waals surface area contributed by atoms with Gasteiger partial charge in [0.1, 0.15) is 0 Å². The average molecular weight is 247 g/mol. The third kappa shape index (κ3) is 2.27. The molecule has 0 spiro atoms. The van der Waals surface area contributed by atoms with Crippen molar-refractivity contribution in [1.82, 2.24) is 15.5 Å². The van der Waals surface area contributed by atoms with Gasteiger partial charge < -0.3 is 15.5 Å². The maximum Gasteiger partial charge on any atom is 0.255 e. The van der Waals surface area contributed by atoms with Crippen molar-refractivity contribution < 1.29 is 15.0 Å². The zero-order chi connectivity index (χ0) is 13.1. The Morgan fingerprint density at radius 2 is 2.22 bits per heavy atom. The minimum Gasteiger partial charge on any atom is -0.504 e. The number of benzene rings is 1. The van der Waals surface area contributed by atoms with E-state index in [-0.39, 0.29) is 11.3 Å². The molecule has 0 aliphatic carbocycles. The Morgan fingerprint density at radius 3 is 2.89 bits per heavy atom. The highest BCUT2D eigenvalue weighted by Gasteiger charge is 2.13. The number of nitrogens with zero attached hydrogens (tertiary/aromatic N) is 1. The predicted octanol–water partition coefficient (Wildman–Crippen LogP) is 1.06. The highest BCUT2D eigenvalue weighted by molar-refractivity contribution is 5.97. The lowest BCUT2D eigenvalue weighted by Crippen LogP contribution is -2.23. The second kappa shape index (κ2) is 4.79. The number of H-pyrrole nitrogens is 1. The lowest BCUT2D eigenvalue weighted by atomic mass is 10.1. The molecular formula is C12H13N3O3. The molecule has 0 atom stereocenters. The number of amides is 1. The van der Waals surface area contributed by atoms with E-state index in [2.05, 4.69) is 15.5 Å². The van der Waals surface area contributed by atoms with Gasteiger partial charge in [0, 0.05) is 17.8 Å². The summed E-state index contributed by atoms with van der Waals surface area (Å²) in [6.45, 7) is 2.15. The molecule has 0 fully saturated rings. The van der Waals surface area contributed by atoms with Crippen LogP contribution in [0.4, 0.5) is 0 Å². The van der Waals surface area contributed by atoms with Crippen molar-refractivity contribution in [3.8, 4) is 11.5 Å². The van der Waals surface area contributed by atoms with E-state index in [1.165, 1.54) is 18.2 Å². The standard InChI is InChI=1S/C12H13N3O3/c1-7-8(6-14-15-7)5-13-12(18)9-3-2-4-10(16)11(9)17/h2-4,6,16-17H,5H2,1H3,(H,13,18)(H,14,15). The van der Waals surface area contributed by atoms with Gasteiger partial charge in [0.25, 0.3) is 5.91 Å². The topological polar surface area (TPSA) is 98.2 Å². The normalized spacial score (nSPS) is 10.3. The maximum absolute atomic E-state index is 11.8. The Morgan fingerprint density at radius 1 is 1.44 bits per heavy atom. The number of hydrogen-bond donors (Lipinski definition) is 4. The molecule has 6 nitrogen and oxygen atoms in total. The number of phenolic OH excluding ortho intramolecular Hbond substituents is 2. The number of aromatic nitrogens is 2. The fourth-order valence-corrected chi connectivity index (χ4v) is 1.54. The van der Waals surface area contributed by atoms with Gasteiger partial charge in [-0.3, -0.25) is 9.89 Å². The monoisotopic (exact) mass is 247 g/mol. The highest BCUT2D eigenvalue weighted by Crippen LogP contribution is 2.27. The first kappa shape index (κ1) is 12.0. The van der Waals surface area contributed by atoms with Crippen molar-refractivity contribution >= 4 is 5.91 Å². The molecule has 0 radical (unpaired) electrons. The number of phenols is 2. The second-order valence-electron chi connectivity index (χ2n) is 3.88. The molecule has 18 heavy (non-hydrogen) atoms. The van der Waals surface area contributed by atoms with E-state index in [1.54, 1.807) is 6.20 Å². The fraction of sp³-hybridized carbons (Fsp3) is 0.167. The van der Waals surface area contributed by atoms with Crippen molar-refractivity contribution in [3.63, 3.8) is 0 Å². The van der Waals surface area contributed by atoms with Crippen molar-refractivity contribution in [1.29, 1.82) is 0 Å². The van der Waals surface area contributed by atoms with Gasteiger partial charge in [-0.05, 0) is 19.1 Å². The van der Waals surface area contributed by atoms with Gasteiger partial charge >= 0.3 is 0 Å². The van der Waals surface area contributed by atoms with Crippen LogP contribution in [0.25, 0.3) is 0 Å². The number of aromatic amines is 1. The average Bonchev–Trinajstić information content (AvgIpc) is 2.75. The molecule has 1 aromatic carbocycles. The van der Waals surface area contributed by atoms with Gasteiger partial charge in [-0.15, -0.1) is 0 Å². The summed E-state index contributed by atoms with van der Waals surface area (Å²) in [5.41, 5.74) is 1.77. The minimum atomic E-state index is -0.455. The third-order valence-electron chi connectivity index (χ3n) is 2.63. The summed E-state index contributed by atoms with van der Waals surface area (Å²) in [4.78, 5) is 11.8. The smallest absolute Gasteiger partial charge is 0.255 e. The number of hydrogen-bond acceptors (Lipinski definition) is 4. The van der Waals surface area contributed by atoms with Crippen LogP contribution >= 0.6 is 0 Å². The molecule has 0 aliphatic heterocycles. The van der Waals surface area contributed by atoms with Crippen molar-refractivity contribution in [2.24, 2.45) is 0 Å². The van der Waals surface area contributed by atoms with Gasteiger partial charge in [-0.2, -0.15) is 5.10 Å². The van der Waals surface area contributed by atoms with Crippen LogP contribution in [0.5, 0.6) is 11.5 Å². The molecule has 2 rings (SSSR count). The predicted molar refractivity (Wildman–Crippen MR) is 64.3 cm³/mol. The van der Waals surface area contributed by atoms with Gasteiger partial charge in [0.2, 0.25) is 0 Å². The number of carbonyl (C=O) groups is 1. The minimum absolute atomic E-state index is 0.0381. The molecule has 94 valence electrons. The van der Waals surface area contributed by atoms with E-state index < -0.39 is 11.7 Å². The summed E-state index contributed by atoms with van der Waals surface area (Å²) in [7, 11) is 0. The van der Waals surface area contributed by atoms with Crippen LogP contribution in [0, 0.1) is 6.92 Å². The molecule has 1 heterocycles. The molecule has 0 saturated heterocycles. The quantitative estimate of drug-likeness (QED) is 0.609. The Balaban J connectivity index is 2.09. The lowest BCUT2D eigenvalue weighted by molar-refractivity contribution is 0.0947. The third-order valence-corrected chi connectivity index (χ3v) is 2.63. The number of aromatic hydroxyl groups is 2. The van der Waals surface area contributed by atoms with E-state index in [4.69, 9.17) is 0 Å². The maximum atomic E-state index is 11.8. The van der Waals surface area contributed by atoms with Crippen molar-refractivity contribution in [3.05, 3.63) is 41.2 Å². The van der Waals surface area contributed by atoms with E-state index in [1.807, 2.05) is 6.92 Å². The molecule has 1 aromatic heterocycles. The lowest BCUT2D eigenvalue weighted by Gasteiger charge is -2.07. The summed E-state index contributed by atoms with van der Waals surface area (Å²) in [6.07, 6.45) is 1.62. The van der Waals surface area contributed by atoms with E-state index in [9.17, 15) is 15.0 Å². The van der Waals surface area contributed by atoms with E-state index >= 15 is 0 Å². The SMILES string of the molecule is Cc1[nH]ncc1CNC(=O)c1cccc(O)c1O. The molecule has 0 aliphatic rings. The van der Waals surface area contributed by atoms with E-state index in [0.29, 0.717) is 6.54 Å². The number of nitrogens with one attached hydrogen (secondary N) is 2. The zero-order valence-electron chi connectivity index (χ0n) is 9.77. The summed E-state index contributed by atoms with van der Waals surface area (Å²) < 4.78 is 0. The summed E-state index contributed by atoms with van der Waals surface area (Å²) in [5.74, 6) is -1.19. The van der Waals surface area contributed by atoms with Crippen molar-refractivity contribution in [2.45, 2.75) is 13.5 Å². The molecule has 0 saturated carbocycles. The number of aryl methyl sites for hydroxylation is 1. The molecule has 6 heteroatoms. The van der Waals surface area contributed by atoms with Crippen LogP contribution in [0.2, 0.25) is 0 Å².